The van der Waals surface area contributed by atoms with Crippen LogP contribution >= 0.6 is 0 Å². The van der Waals surface area contributed by atoms with E-state index in [1.54, 1.807) is 0 Å². The number of hydrogen-bond donors (Lipinski definition) is 1. The van der Waals surface area contributed by atoms with Crippen molar-refractivity contribution in [1.29, 1.82) is 0 Å². The predicted molar refractivity (Wildman–Crippen MR) is 86.1 cm³/mol. The molecule has 1 aromatic rings. The van der Waals surface area contributed by atoms with Gasteiger partial charge in [0.15, 0.2) is 0 Å². The molecular weight excluding hydrogens is 297 g/mol. The average Bonchev–Trinajstić information content (AvgIpc) is 2.63. The lowest BCUT2D eigenvalue weighted by molar-refractivity contribution is 0.00578. The van der Waals surface area contributed by atoms with E-state index in [0.29, 0.717) is 25.4 Å². The van der Waals surface area contributed by atoms with Crippen LogP contribution in [-0.4, -0.2) is 47.6 Å². The monoisotopic (exact) mass is 319 g/mol. The van der Waals surface area contributed by atoms with Gasteiger partial charge >= 0.3 is 13.2 Å². The molecule has 2 aliphatic heterocycles. The molecule has 0 atom stereocenters. The van der Waals surface area contributed by atoms with Gasteiger partial charge in [-0.05, 0) is 39.2 Å². The normalized spacial score (nSPS) is 22.3. The van der Waals surface area contributed by atoms with Crippen LogP contribution in [0.3, 0.4) is 0 Å². The van der Waals surface area contributed by atoms with Crippen LogP contribution in [0.5, 0.6) is 5.75 Å². The third-order valence-electron chi connectivity index (χ3n) is 4.86. The second-order valence-corrected chi connectivity index (χ2v) is 7.01. The first-order valence-electron chi connectivity index (χ1n) is 7.79. The van der Waals surface area contributed by atoms with Gasteiger partial charge in [0.2, 0.25) is 0 Å². The van der Waals surface area contributed by atoms with Crippen LogP contribution in [0.2, 0.25) is 0 Å². The summed E-state index contributed by atoms with van der Waals surface area (Å²) < 4.78 is 17.7. The van der Waals surface area contributed by atoms with Crippen LogP contribution in [0, 0.1) is 0 Å². The zero-order valence-corrected chi connectivity index (χ0v) is 14.0. The van der Waals surface area contributed by atoms with Crippen LogP contribution in [0.1, 0.15) is 33.3 Å². The number of hydrogen-bond acceptors (Lipinski definition) is 4. The Balaban J connectivity index is 1.88. The zero-order valence-electron chi connectivity index (χ0n) is 14.0. The molecule has 6 nitrogen and oxygen atoms in total. The van der Waals surface area contributed by atoms with Crippen molar-refractivity contribution in [3.8, 4) is 5.75 Å². The van der Waals surface area contributed by atoms with Gasteiger partial charge in [-0.2, -0.15) is 0 Å². The second kappa shape index (κ2) is 5.42. The van der Waals surface area contributed by atoms with Crippen LogP contribution < -0.4 is 10.2 Å². The topological polar surface area (TPSA) is 68.2 Å². The molecule has 2 aliphatic rings. The molecule has 1 aromatic carbocycles. The summed E-state index contributed by atoms with van der Waals surface area (Å²) in [5.41, 5.74) is 0.887. The average molecular weight is 319 g/mol. The minimum Gasteiger partial charge on any atom is -0.491 e. The fraction of sp³-hybridized carbons (Fsp3) is 0.562. The Labute approximate surface area is 136 Å². The molecule has 1 amide bonds. The molecular formula is C16H22BNO5. The maximum Gasteiger partial charge on any atom is 0.494 e. The van der Waals surface area contributed by atoms with E-state index in [9.17, 15) is 9.90 Å². The molecule has 0 aromatic heterocycles. The Morgan fingerprint density at radius 1 is 1.22 bits per heavy atom. The molecule has 2 heterocycles. The summed E-state index contributed by atoms with van der Waals surface area (Å²) in [7, 11) is -0.466. The van der Waals surface area contributed by atoms with E-state index in [-0.39, 0.29) is 0 Å². The Kier molecular flexibility index (Phi) is 3.81. The van der Waals surface area contributed by atoms with E-state index >= 15 is 0 Å². The number of benzene rings is 1. The highest BCUT2D eigenvalue weighted by atomic mass is 16.7. The minimum atomic E-state index is -0.942. The van der Waals surface area contributed by atoms with Crippen molar-refractivity contribution >= 4 is 18.7 Å². The first-order valence-corrected chi connectivity index (χ1v) is 7.79. The van der Waals surface area contributed by atoms with E-state index < -0.39 is 24.4 Å². The highest BCUT2D eigenvalue weighted by Gasteiger charge is 2.51. The number of rotatable bonds is 1. The predicted octanol–water partition coefficient (Wildman–Crippen LogP) is 1.86. The van der Waals surface area contributed by atoms with Gasteiger partial charge in [-0.3, -0.25) is 0 Å². The molecule has 0 spiro atoms. The van der Waals surface area contributed by atoms with Crippen LogP contribution in [0.4, 0.5) is 4.79 Å². The molecule has 0 aliphatic carbocycles. The summed E-state index contributed by atoms with van der Waals surface area (Å²) >= 11 is 0. The molecule has 0 unspecified atom stereocenters. The molecule has 1 fully saturated rings. The SMILES string of the molecule is CC1(C)OB(c2ccc3c(c2)CN(C(=O)O)CCO3)OC1(C)C. The molecule has 7 heteroatoms. The van der Waals surface area contributed by atoms with Crippen LogP contribution in [0.25, 0.3) is 0 Å². The first kappa shape index (κ1) is 16.1. The van der Waals surface area contributed by atoms with E-state index in [0.717, 1.165) is 11.0 Å². The van der Waals surface area contributed by atoms with Crippen molar-refractivity contribution in [2.45, 2.75) is 45.4 Å². The molecule has 124 valence electrons. The molecule has 0 saturated carbocycles. The van der Waals surface area contributed by atoms with E-state index in [1.807, 2.05) is 45.9 Å². The molecule has 1 N–H and O–H groups in total. The van der Waals surface area contributed by atoms with Crippen molar-refractivity contribution < 1.29 is 23.9 Å². The van der Waals surface area contributed by atoms with Crippen LogP contribution in [0.15, 0.2) is 18.2 Å². The van der Waals surface area contributed by atoms with Gasteiger partial charge in [-0.1, -0.05) is 12.1 Å². The maximum atomic E-state index is 11.2. The van der Waals surface area contributed by atoms with Gasteiger partial charge in [0.25, 0.3) is 0 Å². The fourth-order valence-electron chi connectivity index (χ4n) is 2.70. The Morgan fingerprint density at radius 3 is 2.48 bits per heavy atom. The highest BCUT2D eigenvalue weighted by molar-refractivity contribution is 6.62. The second-order valence-electron chi connectivity index (χ2n) is 7.01. The van der Waals surface area contributed by atoms with Crippen molar-refractivity contribution in [3.63, 3.8) is 0 Å². The number of nitrogens with zero attached hydrogens (tertiary/aromatic N) is 1. The maximum absolute atomic E-state index is 11.2. The number of fused-ring (bicyclic) bond motifs is 1. The Morgan fingerprint density at radius 2 is 1.87 bits per heavy atom. The fourth-order valence-corrected chi connectivity index (χ4v) is 2.70. The third-order valence-corrected chi connectivity index (χ3v) is 4.86. The number of carboxylic acid groups (broad SMARTS) is 1. The summed E-state index contributed by atoms with van der Waals surface area (Å²) in [4.78, 5) is 12.6. The summed E-state index contributed by atoms with van der Waals surface area (Å²) in [6.07, 6.45) is -0.942. The highest BCUT2D eigenvalue weighted by Crippen LogP contribution is 2.36. The summed E-state index contributed by atoms with van der Waals surface area (Å²) in [6.45, 7) is 9.04. The Hall–Kier alpha value is -1.73. The molecule has 0 bridgehead atoms. The van der Waals surface area contributed by atoms with Gasteiger partial charge in [0, 0.05) is 5.56 Å². The smallest absolute Gasteiger partial charge is 0.491 e. The quantitative estimate of drug-likeness (QED) is 0.800. The minimum absolute atomic E-state index is 0.304. The molecule has 1 saturated heterocycles. The van der Waals surface area contributed by atoms with Crippen molar-refractivity contribution in [3.05, 3.63) is 23.8 Å². The summed E-state index contributed by atoms with van der Waals surface area (Å²) in [5.74, 6) is 0.717. The largest absolute Gasteiger partial charge is 0.494 e. The van der Waals surface area contributed by atoms with Crippen molar-refractivity contribution in [1.82, 2.24) is 4.90 Å². The number of ether oxygens (including phenoxy) is 1. The van der Waals surface area contributed by atoms with Crippen LogP contribution in [-0.2, 0) is 15.9 Å². The molecule has 3 rings (SSSR count). The lowest BCUT2D eigenvalue weighted by atomic mass is 9.78. The van der Waals surface area contributed by atoms with E-state index in [4.69, 9.17) is 14.0 Å². The van der Waals surface area contributed by atoms with Gasteiger partial charge < -0.3 is 24.1 Å². The van der Waals surface area contributed by atoms with E-state index in [1.165, 1.54) is 4.90 Å². The Bertz CT molecular complexity index is 615. The third kappa shape index (κ3) is 2.91. The van der Waals surface area contributed by atoms with Crippen molar-refractivity contribution in [2.75, 3.05) is 13.2 Å². The van der Waals surface area contributed by atoms with Gasteiger partial charge in [0.05, 0.1) is 24.3 Å². The molecule has 23 heavy (non-hydrogen) atoms. The first-order chi connectivity index (χ1) is 10.7. The van der Waals surface area contributed by atoms with Crippen molar-refractivity contribution in [2.24, 2.45) is 0 Å². The van der Waals surface area contributed by atoms with Gasteiger partial charge in [0.1, 0.15) is 12.4 Å². The standard InChI is InChI=1S/C16H22BNO5/c1-15(2)16(3,4)23-17(22-15)12-5-6-13-11(9-12)10-18(14(19)20)7-8-21-13/h5-6,9H,7-8,10H2,1-4H3,(H,19,20). The lowest BCUT2D eigenvalue weighted by Crippen LogP contribution is -2.41. The summed E-state index contributed by atoms with van der Waals surface area (Å²) in [6, 6.07) is 5.69. The number of amides is 1. The van der Waals surface area contributed by atoms with Gasteiger partial charge in [-0.25, -0.2) is 4.79 Å². The number of carbonyl (C=O) groups is 1. The van der Waals surface area contributed by atoms with E-state index in [2.05, 4.69) is 0 Å². The van der Waals surface area contributed by atoms with Gasteiger partial charge in [-0.15, -0.1) is 0 Å². The lowest BCUT2D eigenvalue weighted by Gasteiger charge is -2.32. The molecule has 0 radical (unpaired) electrons. The zero-order chi connectivity index (χ0) is 16.8. The summed E-state index contributed by atoms with van der Waals surface area (Å²) in [5, 5.41) is 9.23.